The maximum atomic E-state index is 9.88. The molecule has 0 spiro atoms. The number of halogens is 1. The zero-order chi connectivity index (χ0) is 17.6. The van der Waals surface area contributed by atoms with Crippen LogP contribution in [0.5, 0.6) is 11.5 Å². The lowest BCUT2D eigenvalue weighted by molar-refractivity contribution is 0.372. The highest BCUT2D eigenvalue weighted by Gasteiger charge is 2.32. The van der Waals surface area contributed by atoms with Crippen LogP contribution < -0.4 is 0 Å². The second-order valence-corrected chi connectivity index (χ2v) is 7.34. The first-order valence-electron chi connectivity index (χ1n) is 8.59. The van der Waals surface area contributed by atoms with E-state index in [0.29, 0.717) is 11.8 Å². The van der Waals surface area contributed by atoms with Crippen molar-refractivity contribution < 1.29 is 10.2 Å². The molecule has 0 saturated carbocycles. The third-order valence-electron chi connectivity index (χ3n) is 4.85. The lowest BCUT2D eigenvalue weighted by Gasteiger charge is -2.36. The molecule has 2 N–H and O–H groups in total. The fourth-order valence-corrected chi connectivity index (χ4v) is 3.61. The predicted molar refractivity (Wildman–Crippen MR) is 101 cm³/mol. The molecule has 2 nitrogen and oxygen atoms in total. The maximum Gasteiger partial charge on any atom is 0.119 e. The minimum absolute atomic E-state index is 0.104. The van der Waals surface area contributed by atoms with E-state index < -0.39 is 0 Å². The first-order valence-corrected chi connectivity index (χ1v) is 9.13. The van der Waals surface area contributed by atoms with Crippen LogP contribution in [0.3, 0.4) is 0 Å². The molecule has 2 aromatic rings. The van der Waals surface area contributed by atoms with Gasteiger partial charge in [-0.2, -0.15) is 0 Å². The zero-order valence-electron chi connectivity index (χ0n) is 14.5. The standard InChI is InChI=1S/C21H27ClO2/c1-21(2,17-13-18(23)15-19(24)14-17)20(11-7-4-8-12-22)16-9-5-3-6-10-16/h3,5-6,9-10,13-15,20,23-24H,4,7-8,11-12H2,1-2H3/t20-/m0/s1. The van der Waals surface area contributed by atoms with E-state index in [0.717, 1.165) is 31.2 Å². The Kier molecular flexibility index (Phi) is 6.56. The zero-order valence-corrected chi connectivity index (χ0v) is 15.3. The van der Waals surface area contributed by atoms with Crippen molar-refractivity contribution in [1.82, 2.24) is 0 Å². The molecule has 0 unspecified atom stereocenters. The molecule has 24 heavy (non-hydrogen) atoms. The summed E-state index contributed by atoms with van der Waals surface area (Å²) in [6.45, 7) is 4.36. The highest BCUT2D eigenvalue weighted by Crippen LogP contribution is 2.43. The van der Waals surface area contributed by atoms with Gasteiger partial charge in [0.15, 0.2) is 0 Å². The van der Waals surface area contributed by atoms with Crippen LogP contribution in [0.4, 0.5) is 0 Å². The number of rotatable bonds is 8. The van der Waals surface area contributed by atoms with Gasteiger partial charge in [0.25, 0.3) is 0 Å². The predicted octanol–water partition coefficient (Wildman–Crippen LogP) is 5.96. The lowest BCUT2D eigenvalue weighted by atomic mass is 9.68. The molecule has 3 heteroatoms. The number of hydrogen-bond acceptors (Lipinski definition) is 2. The van der Waals surface area contributed by atoms with Gasteiger partial charge in [0, 0.05) is 11.9 Å². The molecular weight excluding hydrogens is 320 g/mol. The van der Waals surface area contributed by atoms with E-state index in [9.17, 15) is 10.2 Å². The Labute approximate surface area is 150 Å². The Morgan fingerprint density at radius 1 is 0.917 bits per heavy atom. The number of phenolic OH excluding ortho intramolecular Hbond substituents is 2. The van der Waals surface area contributed by atoms with Crippen molar-refractivity contribution in [3.63, 3.8) is 0 Å². The minimum atomic E-state index is -0.210. The number of hydrogen-bond donors (Lipinski definition) is 2. The number of phenols is 2. The van der Waals surface area contributed by atoms with Gasteiger partial charge in [-0.15, -0.1) is 11.6 Å². The van der Waals surface area contributed by atoms with Gasteiger partial charge in [0.2, 0.25) is 0 Å². The fourth-order valence-electron chi connectivity index (χ4n) is 3.42. The van der Waals surface area contributed by atoms with Crippen molar-refractivity contribution in [2.24, 2.45) is 0 Å². The summed E-state index contributed by atoms with van der Waals surface area (Å²) in [5.41, 5.74) is 2.03. The monoisotopic (exact) mass is 346 g/mol. The van der Waals surface area contributed by atoms with Crippen LogP contribution in [0.15, 0.2) is 48.5 Å². The summed E-state index contributed by atoms with van der Waals surface area (Å²) in [4.78, 5) is 0. The summed E-state index contributed by atoms with van der Waals surface area (Å²) in [5.74, 6) is 1.22. The Hall–Kier alpha value is -1.67. The van der Waals surface area contributed by atoms with Crippen molar-refractivity contribution >= 4 is 11.6 Å². The van der Waals surface area contributed by atoms with E-state index in [-0.39, 0.29) is 16.9 Å². The molecule has 2 rings (SSSR count). The Balaban J connectivity index is 2.33. The summed E-state index contributed by atoms with van der Waals surface area (Å²) in [6, 6.07) is 15.4. The first-order chi connectivity index (χ1) is 11.4. The molecule has 0 aliphatic heterocycles. The van der Waals surface area contributed by atoms with Crippen LogP contribution in [0, 0.1) is 0 Å². The molecule has 2 aromatic carbocycles. The topological polar surface area (TPSA) is 40.5 Å². The van der Waals surface area contributed by atoms with Gasteiger partial charge in [-0.05, 0) is 47.4 Å². The molecule has 0 fully saturated rings. The largest absolute Gasteiger partial charge is 0.508 e. The Bertz CT molecular complexity index is 617. The number of unbranched alkanes of at least 4 members (excludes halogenated alkanes) is 2. The third kappa shape index (κ3) is 4.67. The van der Waals surface area contributed by atoms with Gasteiger partial charge in [-0.25, -0.2) is 0 Å². The minimum Gasteiger partial charge on any atom is -0.508 e. The third-order valence-corrected chi connectivity index (χ3v) is 5.11. The SMILES string of the molecule is CC(C)(c1cc(O)cc(O)c1)[C@@H](CCCCCCl)c1ccccc1. The molecule has 0 radical (unpaired) electrons. The van der Waals surface area contributed by atoms with Gasteiger partial charge in [-0.1, -0.05) is 57.0 Å². The Morgan fingerprint density at radius 2 is 1.54 bits per heavy atom. The van der Waals surface area contributed by atoms with E-state index in [4.69, 9.17) is 11.6 Å². The quantitative estimate of drug-likeness (QED) is 0.457. The van der Waals surface area contributed by atoms with E-state index in [1.165, 1.54) is 11.6 Å². The van der Waals surface area contributed by atoms with Crippen LogP contribution in [0.25, 0.3) is 0 Å². The molecule has 0 amide bonds. The van der Waals surface area contributed by atoms with Crippen molar-refractivity contribution in [2.75, 3.05) is 5.88 Å². The second-order valence-electron chi connectivity index (χ2n) is 6.96. The molecule has 0 aliphatic rings. The van der Waals surface area contributed by atoms with E-state index in [1.54, 1.807) is 12.1 Å². The van der Waals surface area contributed by atoms with Crippen molar-refractivity contribution in [1.29, 1.82) is 0 Å². The Morgan fingerprint density at radius 3 is 2.12 bits per heavy atom. The van der Waals surface area contributed by atoms with Crippen LogP contribution in [-0.4, -0.2) is 16.1 Å². The summed E-state index contributed by atoms with van der Waals surface area (Å²) >= 11 is 5.80. The fraction of sp³-hybridized carbons (Fsp3) is 0.429. The van der Waals surface area contributed by atoms with Gasteiger partial charge < -0.3 is 10.2 Å². The van der Waals surface area contributed by atoms with Crippen molar-refractivity contribution in [2.45, 2.75) is 50.9 Å². The van der Waals surface area contributed by atoms with Crippen LogP contribution in [-0.2, 0) is 5.41 Å². The molecule has 0 heterocycles. The molecule has 0 aromatic heterocycles. The normalized spacial score (nSPS) is 13.0. The average Bonchev–Trinajstić information content (AvgIpc) is 2.54. The van der Waals surface area contributed by atoms with Crippen LogP contribution in [0.2, 0.25) is 0 Å². The van der Waals surface area contributed by atoms with E-state index in [2.05, 4.69) is 38.1 Å². The molecule has 0 bridgehead atoms. The van der Waals surface area contributed by atoms with Crippen LogP contribution >= 0.6 is 11.6 Å². The molecular formula is C21H27ClO2. The average molecular weight is 347 g/mol. The second kappa shape index (κ2) is 8.43. The van der Waals surface area contributed by atoms with E-state index in [1.807, 2.05) is 6.07 Å². The lowest BCUT2D eigenvalue weighted by Crippen LogP contribution is -2.27. The number of benzene rings is 2. The van der Waals surface area contributed by atoms with Gasteiger partial charge in [0.05, 0.1) is 0 Å². The van der Waals surface area contributed by atoms with Gasteiger partial charge in [0.1, 0.15) is 11.5 Å². The summed E-state index contributed by atoms with van der Waals surface area (Å²) < 4.78 is 0. The molecule has 0 aliphatic carbocycles. The number of aromatic hydroxyl groups is 2. The first kappa shape index (κ1) is 18.7. The van der Waals surface area contributed by atoms with Gasteiger partial charge in [-0.3, -0.25) is 0 Å². The highest BCUT2D eigenvalue weighted by molar-refractivity contribution is 6.17. The van der Waals surface area contributed by atoms with Gasteiger partial charge >= 0.3 is 0 Å². The highest BCUT2D eigenvalue weighted by atomic mass is 35.5. The van der Waals surface area contributed by atoms with Crippen LogP contribution in [0.1, 0.15) is 56.6 Å². The van der Waals surface area contributed by atoms with E-state index >= 15 is 0 Å². The summed E-state index contributed by atoms with van der Waals surface area (Å²) in [7, 11) is 0. The molecule has 130 valence electrons. The number of alkyl halides is 1. The molecule has 0 saturated heterocycles. The molecule has 1 atom stereocenters. The summed E-state index contributed by atoms with van der Waals surface area (Å²) in [5, 5.41) is 19.8. The maximum absolute atomic E-state index is 9.88. The van der Waals surface area contributed by atoms with Crippen molar-refractivity contribution in [3.05, 3.63) is 59.7 Å². The smallest absolute Gasteiger partial charge is 0.119 e. The van der Waals surface area contributed by atoms with Crippen molar-refractivity contribution in [3.8, 4) is 11.5 Å². The summed E-state index contributed by atoms with van der Waals surface area (Å²) in [6.07, 6.45) is 4.31.